The summed E-state index contributed by atoms with van der Waals surface area (Å²) in [5.41, 5.74) is 14.8. The fourth-order valence-electron chi connectivity index (χ4n) is 11.7. The third kappa shape index (κ3) is 18.1. The minimum Gasteiger partial charge on any atom is -0.462 e. The molecule has 534 valence electrons. The van der Waals surface area contributed by atoms with Crippen LogP contribution in [0.2, 0.25) is 0 Å². The Labute approximate surface area is 623 Å². The van der Waals surface area contributed by atoms with Gasteiger partial charge in [0.15, 0.2) is 23.0 Å². The molecule has 2 unspecified atom stereocenters. The van der Waals surface area contributed by atoms with Gasteiger partial charge in [-0.25, -0.2) is 29.8 Å². The number of esters is 3. The van der Waals surface area contributed by atoms with E-state index in [1.165, 1.54) is 24.3 Å². The van der Waals surface area contributed by atoms with Gasteiger partial charge >= 0.3 is 25.0 Å². The van der Waals surface area contributed by atoms with Crippen molar-refractivity contribution in [1.82, 2.24) is 5.48 Å². The first-order valence-corrected chi connectivity index (χ1v) is 34.7. The van der Waals surface area contributed by atoms with Crippen LogP contribution in [0.1, 0.15) is 113 Å². The summed E-state index contributed by atoms with van der Waals surface area (Å²) >= 11 is 6.15. The number of para-hydroxylation sites is 12. The van der Waals surface area contributed by atoms with Crippen LogP contribution in [-0.4, -0.2) is 76.9 Å². The van der Waals surface area contributed by atoms with Gasteiger partial charge in [-0.3, -0.25) is 10.0 Å². The van der Waals surface area contributed by atoms with E-state index < -0.39 is 19.0 Å². The number of benzene rings is 12. The molecule has 1 amide bonds. The Bertz CT molecular complexity index is 5200. The maximum atomic E-state index is 11.9. The Balaban J connectivity index is 0.000000128. The van der Waals surface area contributed by atoms with E-state index in [4.69, 9.17) is 65.0 Å². The number of ether oxygens (including phenoxy) is 7. The zero-order chi connectivity index (χ0) is 74.6. The van der Waals surface area contributed by atoms with Crippen molar-refractivity contribution in [3.05, 3.63) is 352 Å². The summed E-state index contributed by atoms with van der Waals surface area (Å²) in [7, 11) is -1.51. The highest BCUT2D eigenvalue weighted by molar-refractivity contribution is 6.70. The molecule has 107 heavy (non-hydrogen) atoms. The molecule has 4 aliphatic heterocycles. The fourth-order valence-corrected chi connectivity index (χ4v) is 11.9. The van der Waals surface area contributed by atoms with Gasteiger partial charge in [-0.15, -0.1) is 0 Å². The first kappa shape index (κ1) is 73.6. The van der Waals surface area contributed by atoms with Crippen LogP contribution in [-0.2, 0) is 14.2 Å². The van der Waals surface area contributed by atoms with Gasteiger partial charge < -0.3 is 53.8 Å². The Morgan fingerprint density at radius 2 is 0.748 bits per heavy atom. The van der Waals surface area contributed by atoms with Crippen molar-refractivity contribution >= 4 is 81.6 Å². The molecule has 19 nitrogen and oxygen atoms in total. The van der Waals surface area contributed by atoms with E-state index in [0.29, 0.717) is 52.7 Å². The van der Waals surface area contributed by atoms with Crippen molar-refractivity contribution in [2.45, 2.75) is 32.9 Å². The molecule has 0 spiro atoms. The average Bonchev–Trinajstić information content (AvgIpc) is 1.71. The monoisotopic (exact) mass is 1440 g/mol. The van der Waals surface area contributed by atoms with Crippen LogP contribution in [0, 0.1) is 0 Å². The summed E-state index contributed by atoms with van der Waals surface area (Å²) in [6, 6.07) is 89.9. The van der Waals surface area contributed by atoms with E-state index in [1.807, 2.05) is 224 Å². The number of amides is 1. The Morgan fingerprint density at radius 1 is 0.402 bits per heavy atom. The highest BCUT2D eigenvalue weighted by atomic mass is 35.5. The highest BCUT2D eigenvalue weighted by Gasteiger charge is 2.27. The third-order valence-electron chi connectivity index (χ3n) is 16.9. The Morgan fingerprint density at radius 3 is 1.20 bits per heavy atom. The van der Waals surface area contributed by atoms with Crippen molar-refractivity contribution in [1.29, 1.82) is 0 Å². The molecule has 21 heteroatoms. The summed E-state index contributed by atoms with van der Waals surface area (Å²) in [4.78, 5) is 55.6. The number of hydrogen-bond donors (Lipinski definition) is 6. The first-order valence-electron chi connectivity index (χ1n) is 34.3. The molecule has 0 radical (unpaired) electrons. The maximum absolute atomic E-state index is 11.9. The van der Waals surface area contributed by atoms with Crippen molar-refractivity contribution in [2.75, 3.05) is 30.5 Å². The minimum absolute atomic E-state index is 0.0777. The van der Waals surface area contributed by atoms with E-state index in [2.05, 4.69) is 21.7 Å². The molecular weight excluding hydrogens is 1370 g/mol. The second-order valence-corrected chi connectivity index (χ2v) is 24.2. The van der Waals surface area contributed by atoms with Gasteiger partial charge in [0.1, 0.15) is 39.5 Å². The lowest BCUT2D eigenvalue weighted by Gasteiger charge is -2.19. The van der Waals surface area contributed by atoms with E-state index in [0.717, 1.165) is 113 Å². The molecule has 0 saturated carbocycles. The number of aliphatic imine (C=N–C) groups is 2. The lowest BCUT2D eigenvalue weighted by molar-refractivity contribution is 0.0516. The largest absolute Gasteiger partial charge is 0.488 e. The molecular formula is C86H71BClN5O14. The van der Waals surface area contributed by atoms with Crippen LogP contribution >= 0.6 is 11.6 Å². The predicted molar refractivity (Wildman–Crippen MR) is 413 cm³/mol. The molecule has 0 aromatic heterocycles. The number of carbonyl (C=O) groups excluding carboxylic acids is 4. The molecule has 6 N–H and O–H groups in total. The van der Waals surface area contributed by atoms with Gasteiger partial charge in [-0.05, 0) is 171 Å². The molecule has 2 atom stereocenters. The Kier molecular flexibility index (Phi) is 24.4. The summed E-state index contributed by atoms with van der Waals surface area (Å²) in [6.07, 6.45) is 0. The number of halogens is 1. The zero-order valence-electron chi connectivity index (χ0n) is 58.2. The van der Waals surface area contributed by atoms with Crippen molar-refractivity contribution in [3.8, 4) is 46.0 Å². The summed E-state index contributed by atoms with van der Waals surface area (Å²) in [6.45, 7) is 6.37. The lowest BCUT2D eigenvalue weighted by atomic mass is 9.80. The summed E-state index contributed by atoms with van der Waals surface area (Å²) in [5, 5.41) is 33.9. The van der Waals surface area contributed by atoms with Crippen LogP contribution in [0.25, 0.3) is 0 Å². The normalized spacial score (nSPS) is 13.3. The van der Waals surface area contributed by atoms with E-state index in [1.54, 1.807) is 62.6 Å². The van der Waals surface area contributed by atoms with Crippen molar-refractivity contribution < 1.29 is 67.6 Å². The highest BCUT2D eigenvalue weighted by Crippen LogP contribution is 2.45. The van der Waals surface area contributed by atoms with Gasteiger partial charge in [0, 0.05) is 27.8 Å². The second kappa shape index (κ2) is 35.4. The topological polar surface area (TPSA) is 254 Å². The molecule has 12 aromatic rings. The minimum atomic E-state index is -1.51. The summed E-state index contributed by atoms with van der Waals surface area (Å²) in [5.74, 6) is 4.56. The van der Waals surface area contributed by atoms with Crippen LogP contribution < -0.4 is 40.5 Å². The van der Waals surface area contributed by atoms with Crippen LogP contribution in [0.5, 0.6) is 46.0 Å². The number of carbonyl (C=O) groups is 4. The Hall–Kier alpha value is -13.1. The second-order valence-electron chi connectivity index (χ2n) is 23.8. The molecule has 4 heterocycles. The molecule has 16 rings (SSSR count). The van der Waals surface area contributed by atoms with E-state index in [-0.39, 0.29) is 24.0 Å². The van der Waals surface area contributed by atoms with Crippen molar-refractivity contribution in [2.24, 2.45) is 9.98 Å². The molecule has 0 fully saturated rings. The average molecular weight is 1440 g/mol. The number of anilines is 2. The standard InChI is InChI=1S/C22H19NO3.C22H17NO3.C20H16N2O3.C13H8ClNO.C9H11BO4/c2*1-2-25-22(24)16-13-11-15(12-14-16)21-17-7-3-5-9-19(17)26-20-10-6-4-8-18(20)23-21;23-20(22-24)14-11-9-13(10-12-14)19-15-5-1-3-7-17(15)25-18-8-4-2-6-16(18)21-19;14-13-9-5-1-3-7-11(9)16-12-8-4-2-6-10(12)15-13;1-2-14-9(11)7-3-5-8(6-4-7)10(12)13/h3-14,21,23H,2H2,1H3;3-14H,2H2,1H3;1-12,19,21,24H,(H,22,23);1-8H;3-6,12-13H,2H2,1H3. The number of hydrogen-bond acceptors (Lipinski definition) is 18. The number of rotatable bonds is 11. The van der Waals surface area contributed by atoms with Crippen LogP contribution in [0.4, 0.5) is 22.7 Å². The summed E-state index contributed by atoms with van der Waals surface area (Å²) < 4.78 is 38.9. The molecule has 4 aliphatic rings. The molecule has 0 aliphatic carbocycles. The number of fused-ring (bicyclic) bond motifs is 8. The van der Waals surface area contributed by atoms with Crippen molar-refractivity contribution in [3.63, 3.8) is 0 Å². The zero-order valence-corrected chi connectivity index (χ0v) is 58.9. The fraction of sp³-hybridized carbons (Fsp3) is 0.0930. The smallest absolute Gasteiger partial charge is 0.462 e. The lowest BCUT2D eigenvalue weighted by Crippen LogP contribution is -2.29. The molecule has 0 bridgehead atoms. The quantitative estimate of drug-likeness (QED) is 0.0231. The van der Waals surface area contributed by atoms with Gasteiger partial charge in [0.05, 0.1) is 71.2 Å². The van der Waals surface area contributed by atoms with Gasteiger partial charge in [0.2, 0.25) is 0 Å². The van der Waals surface area contributed by atoms with Crippen LogP contribution in [0.3, 0.4) is 0 Å². The first-order chi connectivity index (χ1) is 52.3. The van der Waals surface area contributed by atoms with Gasteiger partial charge in [0.25, 0.3) is 5.91 Å². The predicted octanol–water partition coefficient (Wildman–Crippen LogP) is 18.1. The third-order valence-corrected chi connectivity index (χ3v) is 17.2. The van der Waals surface area contributed by atoms with Gasteiger partial charge in [-0.1, -0.05) is 169 Å². The number of nitrogens with one attached hydrogen (secondary N) is 3. The SMILES string of the molecule is CCOC(=O)c1ccc(B(O)O)cc1.CCOC(=O)c1ccc(C2=Nc3ccccc3Oc3ccccc32)cc1.CCOC(=O)c1ccc(C2Nc3ccccc3Oc3ccccc32)cc1.ClC1=Nc2ccccc2Oc2ccccc21.O=C(NO)c1ccc(C2Nc3ccccc3Oc3ccccc32)cc1. The number of nitrogens with zero attached hydrogens (tertiary/aromatic N) is 2. The number of hydroxylamine groups is 1. The maximum Gasteiger partial charge on any atom is 0.488 e. The molecule has 0 saturated heterocycles. The van der Waals surface area contributed by atoms with Gasteiger partial charge in [-0.2, -0.15) is 0 Å². The molecule has 12 aromatic carbocycles. The van der Waals surface area contributed by atoms with Crippen LogP contribution in [0.15, 0.2) is 301 Å². The van der Waals surface area contributed by atoms with E-state index in [9.17, 15) is 19.2 Å². The van der Waals surface area contributed by atoms with E-state index >= 15 is 0 Å².